The Bertz CT molecular complexity index is 1100. The number of nitrogens with one attached hydrogen (secondary N) is 2. The molecule has 0 spiro atoms. The Morgan fingerprint density at radius 1 is 0.621 bits per heavy atom. The second-order valence-electron chi connectivity index (χ2n) is 6.93. The van der Waals surface area contributed by atoms with Gasteiger partial charge in [0, 0.05) is 28.1 Å². The highest BCUT2D eigenvalue weighted by atomic mass is 16.2. The summed E-state index contributed by atoms with van der Waals surface area (Å²) in [7, 11) is 0. The Morgan fingerprint density at radius 2 is 1.17 bits per heavy atom. The summed E-state index contributed by atoms with van der Waals surface area (Å²) in [4.78, 5) is 36.7. The van der Waals surface area contributed by atoms with Crippen LogP contribution in [0.3, 0.4) is 0 Å². The predicted molar refractivity (Wildman–Crippen MR) is 115 cm³/mol. The maximum atomic E-state index is 12.6. The summed E-state index contributed by atoms with van der Waals surface area (Å²) in [5.74, 6) is -0.723. The van der Waals surface area contributed by atoms with E-state index in [2.05, 4.69) is 10.6 Å². The minimum absolute atomic E-state index is 0.0777. The third-order valence-electron chi connectivity index (χ3n) is 4.68. The lowest BCUT2D eigenvalue weighted by atomic mass is 10.1. The van der Waals surface area contributed by atoms with E-state index in [0.29, 0.717) is 28.1 Å². The van der Waals surface area contributed by atoms with Gasteiger partial charge in [-0.05, 0) is 74.4 Å². The Kier molecular flexibility index (Phi) is 5.88. The van der Waals surface area contributed by atoms with Gasteiger partial charge in [0.15, 0.2) is 5.78 Å². The Labute approximate surface area is 169 Å². The minimum Gasteiger partial charge on any atom is -0.322 e. The summed E-state index contributed by atoms with van der Waals surface area (Å²) >= 11 is 0. The molecule has 0 unspecified atom stereocenters. The molecule has 0 radical (unpaired) electrons. The molecule has 5 nitrogen and oxygen atoms in total. The SMILES string of the molecule is CC(=O)c1cccc(NC(=O)c2cccc(C(=O)Nc3ccc(C)c(C)c3)c2)c1. The van der Waals surface area contributed by atoms with Crippen molar-refractivity contribution in [1.29, 1.82) is 0 Å². The van der Waals surface area contributed by atoms with Crippen LogP contribution in [-0.4, -0.2) is 17.6 Å². The summed E-state index contributed by atoms with van der Waals surface area (Å²) < 4.78 is 0. The van der Waals surface area contributed by atoms with Crippen molar-refractivity contribution in [2.24, 2.45) is 0 Å². The topological polar surface area (TPSA) is 75.3 Å². The minimum atomic E-state index is -0.355. The van der Waals surface area contributed by atoms with Gasteiger partial charge in [0.25, 0.3) is 11.8 Å². The molecule has 0 fully saturated rings. The molecule has 0 aromatic heterocycles. The molecule has 3 aromatic carbocycles. The highest BCUT2D eigenvalue weighted by Gasteiger charge is 2.12. The number of anilines is 2. The Morgan fingerprint density at radius 3 is 1.76 bits per heavy atom. The number of carbonyl (C=O) groups is 3. The van der Waals surface area contributed by atoms with Crippen molar-refractivity contribution < 1.29 is 14.4 Å². The maximum Gasteiger partial charge on any atom is 0.255 e. The Hall–Kier alpha value is -3.73. The zero-order valence-electron chi connectivity index (χ0n) is 16.6. The largest absolute Gasteiger partial charge is 0.322 e. The van der Waals surface area contributed by atoms with Crippen LogP contribution in [0.5, 0.6) is 0 Å². The van der Waals surface area contributed by atoms with Crippen molar-refractivity contribution in [2.75, 3.05) is 10.6 Å². The second-order valence-corrected chi connectivity index (χ2v) is 6.93. The van der Waals surface area contributed by atoms with Crippen molar-refractivity contribution in [2.45, 2.75) is 20.8 Å². The summed E-state index contributed by atoms with van der Waals surface area (Å²) in [6.07, 6.45) is 0. The van der Waals surface area contributed by atoms with Crippen LogP contribution in [0.25, 0.3) is 0 Å². The molecule has 0 heterocycles. The molecule has 0 atom stereocenters. The number of hydrogen-bond donors (Lipinski definition) is 2. The van der Waals surface area contributed by atoms with Crippen LogP contribution >= 0.6 is 0 Å². The third kappa shape index (κ3) is 4.96. The predicted octanol–water partition coefficient (Wildman–Crippen LogP) is 5.01. The first-order chi connectivity index (χ1) is 13.8. The molecule has 29 heavy (non-hydrogen) atoms. The summed E-state index contributed by atoms with van der Waals surface area (Å²) in [6, 6.07) is 18.9. The van der Waals surface area contributed by atoms with Crippen LogP contribution in [0, 0.1) is 13.8 Å². The van der Waals surface area contributed by atoms with Gasteiger partial charge in [-0.2, -0.15) is 0 Å². The number of benzene rings is 3. The monoisotopic (exact) mass is 386 g/mol. The van der Waals surface area contributed by atoms with E-state index < -0.39 is 0 Å². The van der Waals surface area contributed by atoms with Gasteiger partial charge in [-0.3, -0.25) is 14.4 Å². The van der Waals surface area contributed by atoms with Gasteiger partial charge >= 0.3 is 0 Å². The molecule has 0 aliphatic heterocycles. The lowest BCUT2D eigenvalue weighted by molar-refractivity contribution is 0.100. The molecular weight excluding hydrogens is 364 g/mol. The van der Waals surface area contributed by atoms with Gasteiger partial charge in [-0.25, -0.2) is 0 Å². The standard InChI is InChI=1S/C24H22N2O3/c1-15-10-11-22(12-16(15)2)26-24(29)20-8-4-7-19(13-20)23(28)25-21-9-5-6-18(14-21)17(3)27/h4-14H,1-3H3,(H,25,28)(H,26,29). The normalized spacial score (nSPS) is 10.3. The quantitative estimate of drug-likeness (QED) is 0.605. The van der Waals surface area contributed by atoms with E-state index in [1.54, 1.807) is 48.5 Å². The van der Waals surface area contributed by atoms with E-state index in [1.807, 2.05) is 32.0 Å². The molecule has 3 aromatic rings. The van der Waals surface area contributed by atoms with Gasteiger partial charge in [-0.1, -0.05) is 24.3 Å². The third-order valence-corrected chi connectivity index (χ3v) is 4.68. The highest BCUT2D eigenvalue weighted by molar-refractivity contribution is 6.09. The van der Waals surface area contributed by atoms with Crippen molar-refractivity contribution in [3.8, 4) is 0 Å². The first-order valence-corrected chi connectivity index (χ1v) is 9.24. The number of ketones is 1. The summed E-state index contributed by atoms with van der Waals surface area (Å²) in [5.41, 5.74) is 4.71. The van der Waals surface area contributed by atoms with E-state index in [1.165, 1.54) is 6.92 Å². The highest BCUT2D eigenvalue weighted by Crippen LogP contribution is 2.17. The number of carbonyl (C=O) groups excluding carboxylic acids is 3. The van der Waals surface area contributed by atoms with Gasteiger partial charge in [0.05, 0.1) is 0 Å². The van der Waals surface area contributed by atoms with Gasteiger partial charge in [-0.15, -0.1) is 0 Å². The van der Waals surface area contributed by atoms with Crippen LogP contribution in [0.2, 0.25) is 0 Å². The molecule has 0 bridgehead atoms. The molecule has 0 aliphatic rings. The van der Waals surface area contributed by atoms with Crippen LogP contribution in [-0.2, 0) is 0 Å². The summed E-state index contributed by atoms with van der Waals surface area (Å²) in [5, 5.41) is 5.61. The fraction of sp³-hybridized carbons (Fsp3) is 0.125. The molecule has 2 N–H and O–H groups in total. The maximum absolute atomic E-state index is 12.6. The molecular formula is C24H22N2O3. The smallest absolute Gasteiger partial charge is 0.255 e. The van der Waals surface area contributed by atoms with E-state index in [0.717, 1.165) is 11.1 Å². The lowest BCUT2D eigenvalue weighted by Gasteiger charge is -2.10. The molecule has 2 amide bonds. The van der Waals surface area contributed by atoms with Crippen molar-refractivity contribution in [3.05, 3.63) is 94.5 Å². The molecule has 0 aliphatic carbocycles. The average molecular weight is 386 g/mol. The molecule has 3 rings (SSSR count). The zero-order chi connectivity index (χ0) is 21.0. The molecule has 146 valence electrons. The van der Waals surface area contributed by atoms with E-state index >= 15 is 0 Å². The molecule has 0 saturated carbocycles. The van der Waals surface area contributed by atoms with Crippen LogP contribution in [0.15, 0.2) is 66.7 Å². The zero-order valence-corrected chi connectivity index (χ0v) is 16.6. The van der Waals surface area contributed by atoms with E-state index in [-0.39, 0.29) is 17.6 Å². The number of amides is 2. The number of hydrogen-bond acceptors (Lipinski definition) is 3. The molecule has 0 saturated heterocycles. The average Bonchev–Trinajstić information content (AvgIpc) is 2.71. The van der Waals surface area contributed by atoms with E-state index in [4.69, 9.17) is 0 Å². The number of aryl methyl sites for hydroxylation is 2. The van der Waals surface area contributed by atoms with Crippen LogP contribution < -0.4 is 10.6 Å². The van der Waals surface area contributed by atoms with Gasteiger partial charge < -0.3 is 10.6 Å². The second kappa shape index (κ2) is 8.52. The van der Waals surface area contributed by atoms with Crippen LogP contribution in [0.4, 0.5) is 11.4 Å². The molecule has 5 heteroatoms. The number of rotatable bonds is 5. The van der Waals surface area contributed by atoms with Crippen molar-refractivity contribution in [1.82, 2.24) is 0 Å². The van der Waals surface area contributed by atoms with Crippen LogP contribution in [0.1, 0.15) is 49.1 Å². The van der Waals surface area contributed by atoms with Gasteiger partial charge in [0.2, 0.25) is 0 Å². The first kappa shape index (κ1) is 20.0. The van der Waals surface area contributed by atoms with E-state index in [9.17, 15) is 14.4 Å². The summed E-state index contributed by atoms with van der Waals surface area (Å²) in [6.45, 7) is 5.46. The fourth-order valence-electron chi connectivity index (χ4n) is 2.84. The fourth-order valence-corrected chi connectivity index (χ4v) is 2.84. The van der Waals surface area contributed by atoms with Crippen molar-refractivity contribution >= 4 is 29.0 Å². The number of Topliss-reactive ketones (excluding diaryl/α,β-unsaturated/α-hetero) is 1. The van der Waals surface area contributed by atoms with Gasteiger partial charge in [0.1, 0.15) is 0 Å². The van der Waals surface area contributed by atoms with Crippen molar-refractivity contribution in [3.63, 3.8) is 0 Å². The first-order valence-electron chi connectivity index (χ1n) is 9.24. The lowest BCUT2D eigenvalue weighted by Crippen LogP contribution is -2.15. The Balaban J connectivity index is 1.75.